The molecule has 1 aliphatic rings. The van der Waals surface area contributed by atoms with Crippen molar-refractivity contribution in [3.05, 3.63) is 41.3 Å². The van der Waals surface area contributed by atoms with E-state index in [2.05, 4.69) is 15.1 Å². The van der Waals surface area contributed by atoms with Crippen LogP contribution in [0, 0.1) is 0 Å². The average Bonchev–Trinajstić information content (AvgIpc) is 3.07. The Morgan fingerprint density at radius 1 is 1.32 bits per heavy atom. The van der Waals surface area contributed by atoms with Gasteiger partial charge in [0, 0.05) is 23.9 Å². The minimum absolute atomic E-state index is 0.155. The number of anilines is 1. The van der Waals surface area contributed by atoms with Gasteiger partial charge in [-0.15, -0.1) is 0 Å². The van der Waals surface area contributed by atoms with Crippen LogP contribution < -0.4 is 5.73 Å². The quantitative estimate of drug-likeness (QED) is 0.598. The minimum atomic E-state index is -0.933. The van der Waals surface area contributed by atoms with Crippen LogP contribution in [0.3, 0.4) is 0 Å². The Bertz CT molecular complexity index is 948. The van der Waals surface area contributed by atoms with Gasteiger partial charge in [-0.05, 0) is 32.8 Å². The molecule has 4 N–H and O–H groups in total. The minimum Gasteiger partial charge on any atom is -0.391 e. The van der Waals surface area contributed by atoms with Gasteiger partial charge in [-0.1, -0.05) is 17.7 Å². The molecule has 4 rings (SSSR count). The highest BCUT2D eigenvalue weighted by molar-refractivity contribution is 6.33. The molecule has 1 fully saturated rings. The van der Waals surface area contributed by atoms with Crippen LogP contribution in [-0.4, -0.2) is 49.1 Å². The van der Waals surface area contributed by atoms with E-state index >= 15 is 0 Å². The number of aromatic nitrogens is 4. The molecule has 0 radical (unpaired) electrons. The lowest BCUT2D eigenvalue weighted by Crippen LogP contribution is -2.21. The van der Waals surface area contributed by atoms with Gasteiger partial charge in [0.1, 0.15) is 0 Å². The second kappa shape index (κ2) is 8.40. The summed E-state index contributed by atoms with van der Waals surface area (Å²) in [6.45, 7) is 4.82. The fourth-order valence-electron chi connectivity index (χ4n) is 2.82. The number of pyridine rings is 1. The zero-order valence-electron chi connectivity index (χ0n) is 15.8. The van der Waals surface area contributed by atoms with Crippen molar-refractivity contribution in [3.8, 4) is 11.3 Å². The molecule has 8 nitrogen and oxygen atoms in total. The maximum absolute atomic E-state index is 10.1. The van der Waals surface area contributed by atoms with E-state index in [1.165, 1.54) is 6.20 Å². The lowest BCUT2D eigenvalue weighted by Gasteiger charge is -2.17. The van der Waals surface area contributed by atoms with Crippen molar-refractivity contribution < 1.29 is 14.9 Å². The van der Waals surface area contributed by atoms with Crippen molar-refractivity contribution in [2.75, 3.05) is 18.9 Å². The number of ether oxygens (including phenoxy) is 1. The Balaban J connectivity index is 0.000000271. The Morgan fingerprint density at radius 2 is 2.11 bits per heavy atom. The number of rotatable bonds is 2. The molecule has 0 aromatic carbocycles. The van der Waals surface area contributed by atoms with Crippen LogP contribution >= 0.6 is 11.6 Å². The molecule has 1 unspecified atom stereocenters. The summed E-state index contributed by atoms with van der Waals surface area (Å²) in [5.41, 5.74) is 7.57. The van der Waals surface area contributed by atoms with Gasteiger partial charge in [-0.3, -0.25) is 0 Å². The van der Waals surface area contributed by atoms with Crippen molar-refractivity contribution in [2.45, 2.75) is 38.4 Å². The third-order valence-electron chi connectivity index (χ3n) is 4.38. The topological polar surface area (TPSA) is 119 Å². The summed E-state index contributed by atoms with van der Waals surface area (Å²) < 4.78 is 6.61. The van der Waals surface area contributed by atoms with Crippen LogP contribution in [0.15, 0.2) is 30.7 Å². The van der Waals surface area contributed by atoms with Gasteiger partial charge in [0.15, 0.2) is 0 Å². The summed E-state index contributed by atoms with van der Waals surface area (Å²) in [7, 11) is 0. The van der Waals surface area contributed by atoms with E-state index in [1.807, 2.05) is 12.1 Å². The van der Waals surface area contributed by atoms with Crippen LogP contribution in [-0.2, 0) is 10.3 Å². The van der Waals surface area contributed by atoms with Crippen molar-refractivity contribution in [3.63, 3.8) is 0 Å². The predicted molar refractivity (Wildman–Crippen MR) is 107 cm³/mol. The number of fused-ring (bicyclic) bond motifs is 1. The van der Waals surface area contributed by atoms with Gasteiger partial charge in [0.2, 0.25) is 5.95 Å². The number of aliphatic hydroxyl groups is 2. The lowest BCUT2D eigenvalue weighted by molar-refractivity contribution is -0.00535. The van der Waals surface area contributed by atoms with E-state index in [9.17, 15) is 5.11 Å². The number of hydrogen-bond donors (Lipinski definition) is 3. The molecule has 1 atom stereocenters. The molecule has 3 aromatic rings. The standard InChI is InChI=1S/C14H14ClN5O.C5H10O2/c1-14(2,21)8-3-4-11-9(5-18-20(11)7-8)12-10(15)6-17-13(16)19-12;6-5-2-1-3-7-4-5/h3-7,21H,1-2H3,(H2,16,17,19);5-6H,1-4H2. The predicted octanol–water partition coefficient (Wildman–Crippen LogP) is 2.41. The van der Waals surface area contributed by atoms with Crippen molar-refractivity contribution >= 4 is 23.1 Å². The molecule has 1 aliphatic heterocycles. The fourth-order valence-corrected chi connectivity index (χ4v) is 3.01. The van der Waals surface area contributed by atoms with Gasteiger partial charge in [0.25, 0.3) is 0 Å². The first-order chi connectivity index (χ1) is 13.3. The van der Waals surface area contributed by atoms with Crippen LogP contribution in [0.1, 0.15) is 32.3 Å². The van der Waals surface area contributed by atoms with Gasteiger partial charge >= 0.3 is 0 Å². The van der Waals surface area contributed by atoms with E-state index < -0.39 is 5.60 Å². The third-order valence-corrected chi connectivity index (χ3v) is 4.65. The summed E-state index contributed by atoms with van der Waals surface area (Å²) >= 11 is 6.13. The summed E-state index contributed by atoms with van der Waals surface area (Å²) in [5, 5.41) is 23.5. The zero-order chi connectivity index (χ0) is 20.3. The summed E-state index contributed by atoms with van der Waals surface area (Å²) in [6.07, 6.45) is 6.65. The first-order valence-corrected chi connectivity index (χ1v) is 9.38. The third kappa shape index (κ3) is 4.77. The molecule has 0 amide bonds. The lowest BCUT2D eigenvalue weighted by atomic mass is 10.0. The van der Waals surface area contributed by atoms with E-state index in [-0.39, 0.29) is 12.1 Å². The van der Waals surface area contributed by atoms with E-state index in [0.717, 1.165) is 36.1 Å². The largest absolute Gasteiger partial charge is 0.391 e. The van der Waals surface area contributed by atoms with Crippen LogP contribution in [0.4, 0.5) is 5.95 Å². The monoisotopic (exact) mass is 405 g/mol. The number of nitrogens with two attached hydrogens (primary N) is 1. The van der Waals surface area contributed by atoms with Crippen molar-refractivity contribution in [2.24, 2.45) is 0 Å². The fraction of sp³-hybridized carbons (Fsp3) is 0.421. The molecule has 1 saturated heterocycles. The van der Waals surface area contributed by atoms with Crippen LogP contribution in [0.25, 0.3) is 16.8 Å². The smallest absolute Gasteiger partial charge is 0.220 e. The summed E-state index contributed by atoms with van der Waals surface area (Å²) in [4.78, 5) is 8.02. The van der Waals surface area contributed by atoms with Crippen molar-refractivity contribution in [1.29, 1.82) is 0 Å². The molecule has 0 bridgehead atoms. The van der Waals surface area contributed by atoms with E-state index in [0.29, 0.717) is 17.3 Å². The van der Waals surface area contributed by atoms with Crippen molar-refractivity contribution in [1.82, 2.24) is 19.6 Å². The SMILES string of the molecule is CC(C)(O)c1ccc2c(-c3nc(N)ncc3Cl)cnn2c1.OC1CCCOC1. The molecule has 150 valence electrons. The normalized spacial score (nSPS) is 17.2. The second-order valence-corrected chi connectivity index (χ2v) is 7.57. The molecular weight excluding hydrogens is 382 g/mol. The summed E-state index contributed by atoms with van der Waals surface area (Å²) in [6, 6.07) is 3.71. The first-order valence-electron chi connectivity index (χ1n) is 9.00. The average molecular weight is 406 g/mol. The van der Waals surface area contributed by atoms with Crippen LogP contribution in [0.2, 0.25) is 5.02 Å². The Kier molecular flexibility index (Phi) is 6.14. The number of nitrogens with zero attached hydrogens (tertiary/aromatic N) is 4. The molecule has 0 aliphatic carbocycles. The Labute approximate surface area is 167 Å². The van der Waals surface area contributed by atoms with E-state index in [1.54, 1.807) is 30.8 Å². The van der Waals surface area contributed by atoms with Crippen LogP contribution in [0.5, 0.6) is 0 Å². The maximum Gasteiger partial charge on any atom is 0.220 e. The van der Waals surface area contributed by atoms with Gasteiger partial charge < -0.3 is 20.7 Å². The van der Waals surface area contributed by atoms with E-state index in [4.69, 9.17) is 27.2 Å². The number of nitrogen functional groups attached to an aromatic ring is 1. The molecule has 3 aromatic heterocycles. The maximum atomic E-state index is 10.1. The molecular formula is C19H24ClN5O3. The first kappa shape index (κ1) is 20.5. The second-order valence-electron chi connectivity index (χ2n) is 7.16. The highest BCUT2D eigenvalue weighted by Crippen LogP contribution is 2.30. The highest BCUT2D eigenvalue weighted by atomic mass is 35.5. The molecule has 28 heavy (non-hydrogen) atoms. The number of hydrogen-bond acceptors (Lipinski definition) is 7. The Morgan fingerprint density at radius 3 is 2.71 bits per heavy atom. The molecule has 0 spiro atoms. The van der Waals surface area contributed by atoms with Gasteiger partial charge in [0.05, 0.1) is 46.9 Å². The van der Waals surface area contributed by atoms with Gasteiger partial charge in [-0.2, -0.15) is 5.10 Å². The zero-order valence-corrected chi connectivity index (χ0v) is 16.6. The number of aliphatic hydroxyl groups excluding tert-OH is 1. The molecule has 0 saturated carbocycles. The Hall–Kier alpha value is -2.26. The molecule has 9 heteroatoms. The highest BCUT2D eigenvalue weighted by Gasteiger charge is 2.18. The van der Waals surface area contributed by atoms with Gasteiger partial charge in [-0.25, -0.2) is 14.5 Å². The summed E-state index contributed by atoms with van der Waals surface area (Å²) in [5.74, 6) is 0.155. The number of halogens is 1. The molecule has 4 heterocycles.